The van der Waals surface area contributed by atoms with Crippen LogP contribution < -0.4 is 10.1 Å². The van der Waals surface area contributed by atoms with Gasteiger partial charge in [0.2, 0.25) is 5.91 Å². The molecule has 0 unspecified atom stereocenters. The van der Waals surface area contributed by atoms with Crippen molar-refractivity contribution in [2.24, 2.45) is 4.99 Å². The summed E-state index contributed by atoms with van der Waals surface area (Å²) in [6.45, 7) is 1.98. The maximum absolute atomic E-state index is 12.9. The number of allylic oxidation sites excluding steroid dienone is 1. The molecule has 1 fully saturated rings. The summed E-state index contributed by atoms with van der Waals surface area (Å²) in [5, 5.41) is 5.94. The summed E-state index contributed by atoms with van der Waals surface area (Å²) in [5.74, 6) is 0.293. The number of nitrogens with one attached hydrogen (secondary N) is 1. The number of thioether (sulfide) groups is 1. The molecule has 4 rings (SSSR count). The number of hydrogen-bond acceptors (Lipinski definition) is 7. The van der Waals surface area contributed by atoms with E-state index in [9.17, 15) is 9.59 Å². The molecular weight excluding hydrogens is 438 g/mol. The predicted molar refractivity (Wildman–Crippen MR) is 130 cm³/mol. The second-order valence-corrected chi connectivity index (χ2v) is 9.29. The highest BCUT2D eigenvalue weighted by atomic mass is 32.2. The second kappa shape index (κ2) is 10.5. The van der Waals surface area contributed by atoms with Crippen molar-refractivity contribution in [3.63, 3.8) is 0 Å². The molecule has 1 saturated carbocycles. The normalized spacial score (nSPS) is 20.7. The molecule has 1 aromatic carbocycles. The van der Waals surface area contributed by atoms with Gasteiger partial charge in [-0.3, -0.25) is 4.79 Å². The third-order valence-electron chi connectivity index (χ3n) is 6.35. The van der Waals surface area contributed by atoms with Crippen LogP contribution in [-0.4, -0.2) is 42.2 Å². The Morgan fingerprint density at radius 2 is 2.00 bits per heavy atom. The molecule has 1 aromatic rings. The van der Waals surface area contributed by atoms with Crippen LogP contribution in [0.2, 0.25) is 0 Å². The molecule has 2 heterocycles. The molecule has 8 heteroatoms. The Kier molecular flexibility index (Phi) is 7.42. The highest BCUT2D eigenvalue weighted by Gasteiger charge is 2.41. The molecule has 1 aliphatic carbocycles. The van der Waals surface area contributed by atoms with E-state index in [1.807, 2.05) is 41.5 Å². The summed E-state index contributed by atoms with van der Waals surface area (Å²) < 4.78 is 10.6. The number of benzene rings is 1. The fraction of sp³-hybridized carbons (Fsp3) is 0.480. The van der Waals surface area contributed by atoms with Crippen LogP contribution >= 0.6 is 11.8 Å². The topological polar surface area (TPSA) is 80.2 Å². The van der Waals surface area contributed by atoms with E-state index >= 15 is 0 Å². The molecule has 2 aliphatic heterocycles. The molecule has 3 aliphatic rings. The van der Waals surface area contributed by atoms with Gasteiger partial charge in [-0.25, -0.2) is 9.79 Å². The van der Waals surface area contributed by atoms with E-state index in [1.165, 1.54) is 25.3 Å². The number of carbonyl (C=O) groups excluding carboxylic acids is 2. The highest BCUT2D eigenvalue weighted by molar-refractivity contribution is 8.16. The number of ether oxygens (including phenoxy) is 2. The van der Waals surface area contributed by atoms with Gasteiger partial charge in [0.15, 0.2) is 5.17 Å². The maximum Gasteiger partial charge on any atom is 0.338 e. The van der Waals surface area contributed by atoms with E-state index in [0.29, 0.717) is 23.4 Å². The van der Waals surface area contributed by atoms with Crippen LogP contribution in [-0.2, 0) is 14.3 Å². The number of amidine groups is 1. The van der Waals surface area contributed by atoms with Gasteiger partial charge in [-0.2, -0.15) is 0 Å². The van der Waals surface area contributed by atoms with Crippen molar-refractivity contribution in [3.8, 4) is 5.75 Å². The number of rotatable bonds is 7. The first-order valence-electron chi connectivity index (χ1n) is 11.5. The first-order valence-corrected chi connectivity index (χ1v) is 12.4. The Bertz CT molecular complexity index is 1010. The van der Waals surface area contributed by atoms with Gasteiger partial charge < -0.3 is 19.7 Å². The lowest BCUT2D eigenvalue weighted by Crippen LogP contribution is -2.40. The number of nitrogens with zero attached hydrogens (tertiary/aromatic N) is 2. The van der Waals surface area contributed by atoms with E-state index in [4.69, 9.17) is 14.5 Å². The zero-order valence-electron chi connectivity index (χ0n) is 19.4. The van der Waals surface area contributed by atoms with E-state index in [1.54, 1.807) is 7.11 Å². The van der Waals surface area contributed by atoms with E-state index < -0.39 is 12.0 Å². The monoisotopic (exact) mass is 469 g/mol. The number of fused-ring (bicyclic) bond motifs is 1. The van der Waals surface area contributed by atoms with Crippen molar-refractivity contribution >= 4 is 28.8 Å². The zero-order chi connectivity index (χ0) is 23.4. The smallest absolute Gasteiger partial charge is 0.338 e. The Hall–Kier alpha value is -2.74. The van der Waals surface area contributed by atoms with Crippen LogP contribution in [0.5, 0.6) is 5.75 Å². The molecule has 1 N–H and O–H groups in total. The molecule has 176 valence electrons. The SMILES string of the molecule is CCC1=C(C(=O)OC)[C@H](c2cccc(OC)c2)N2C(CC(=O)NC3CCCCC3)=CSC2=N1. The van der Waals surface area contributed by atoms with Crippen LogP contribution in [0, 0.1) is 0 Å². The third kappa shape index (κ3) is 4.95. The first-order chi connectivity index (χ1) is 16.0. The number of carbonyl (C=O) groups is 2. The van der Waals surface area contributed by atoms with Crippen LogP contribution in [0.25, 0.3) is 0 Å². The number of hydrogen-bond donors (Lipinski definition) is 1. The number of aliphatic imine (C=N–C) groups is 1. The van der Waals surface area contributed by atoms with Gasteiger partial charge in [0, 0.05) is 11.7 Å². The Morgan fingerprint density at radius 3 is 2.70 bits per heavy atom. The summed E-state index contributed by atoms with van der Waals surface area (Å²) >= 11 is 1.49. The molecule has 0 aromatic heterocycles. The van der Waals surface area contributed by atoms with E-state index in [0.717, 1.165) is 42.1 Å². The van der Waals surface area contributed by atoms with Crippen LogP contribution in [0.15, 0.2) is 51.6 Å². The average molecular weight is 470 g/mol. The van der Waals surface area contributed by atoms with Crippen molar-refractivity contribution in [1.82, 2.24) is 10.2 Å². The van der Waals surface area contributed by atoms with Crippen molar-refractivity contribution < 1.29 is 19.1 Å². The van der Waals surface area contributed by atoms with Gasteiger partial charge in [0.25, 0.3) is 0 Å². The van der Waals surface area contributed by atoms with Crippen LogP contribution in [0.1, 0.15) is 63.5 Å². The maximum atomic E-state index is 12.9. The molecule has 0 bridgehead atoms. The fourth-order valence-electron chi connectivity index (χ4n) is 4.73. The van der Waals surface area contributed by atoms with Crippen LogP contribution in [0.3, 0.4) is 0 Å². The van der Waals surface area contributed by atoms with Crippen molar-refractivity contribution in [3.05, 3.63) is 52.2 Å². The van der Waals surface area contributed by atoms with Crippen molar-refractivity contribution in [1.29, 1.82) is 0 Å². The Labute approximate surface area is 199 Å². The van der Waals surface area contributed by atoms with Gasteiger partial charge in [0.05, 0.1) is 38.0 Å². The molecule has 0 spiro atoms. The second-order valence-electron chi connectivity index (χ2n) is 8.46. The number of esters is 1. The van der Waals surface area contributed by atoms with Crippen molar-refractivity contribution in [2.75, 3.05) is 14.2 Å². The van der Waals surface area contributed by atoms with Gasteiger partial charge in [-0.1, -0.05) is 50.1 Å². The molecule has 1 amide bonds. The quantitative estimate of drug-likeness (QED) is 0.585. The number of methoxy groups -OCH3 is 2. The summed E-state index contributed by atoms with van der Waals surface area (Å²) in [6, 6.07) is 7.47. The fourth-order valence-corrected chi connectivity index (χ4v) is 5.67. The minimum absolute atomic E-state index is 0.00396. The lowest BCUT2D eigenvalue weighted by atomic mass is 9.92. The van der Waals surface area contributed by atoms with E-state index in [-0.39, 0.29) is 18.4 Å². The van der Waals surface area contributed by atoms with Crippen molar-refractivity contribution in [2.45, 2.75) is 64.0 Å². The minimum atomic E-state index is -0.446. The summed E-state index contributed by atoms with van der Waals surface area (Å²) in [4.78, 5) is 32.6. The molecule has 7 nitrogen and oxygen atoms in total. The Balaban J connectivity index is 1.67. The molecule has 33 heavy (non-hydrogen) atoms. The zero-order valence-corrected chi connectivity index (χ0v) is 20.2. The third-order valence-corrected chi connectivity index (χ3v) is 7.24. The predicted octanol–water partition coefficient (Wildman–Crippen LogP) is 4.67. The van der Waals surface area contributed by atoms with Gasteiger partial charge in [-0.15, -0.1) is 0 Å². The standard InChI is InChI=1S/C25H31N3O4S/c1-4-20-22(24(30)32-3)23(16-9-8-12-19(13-16)31-2)28-18(15-33-25(28)27-20)14-21(29)26-17-10-6-5-7-11-17/h8-9,12-13,15,17,23H,4-7,10-11,14H2,1-3H3,(H,26,29)/t23-/m0/s1. The summed E-state index contributed by atoms with van der Waals surface area (Å²) in [7, 11) is 3.01. The summed E-state index contributed by atoms with van der Waals surface area (Å²) in [6.07, 6.45) is 6.48. The lowest BCUT2D eigenvalue weighted by molar-refractivity contribution is -0.136. The number of amides is 1. The van der Waals surface area contributed by atoms with E-state index in [2.05, 4.69) is 5.32 Å². The Morgan fingerprint density at radius 1 is 1.21 bits per heavy atom. The minimum Gasteiger partial charge on any atom is -0.497 e. The van der Waals surface area contributed by atoms with Gasteiger partial charge >= 0.3 is 5.97 Å². The molecular formula is C25H31N3O4S. The largest absolute Gasteiger partial charge is 0.497 e. The highest BCUT2D eigenvalue weighted by Crippen LogP contribution is 2.45. The summed E-state index contributed by atoms with van der Waals surface area (Å²) in [5.41, 5.74) is 2.92. The first kappa shape index (κ1) is 23.4. The van der Waals surface area contributed by atoms with Gasteiger partial charge in [0.1, 0.15) is 5.75 Å². The van der Waals surface area contributed by atoms with Crippen LogP contribution in [0.4, 0.5) is 0 Å². The lowest BCUT2D eigenvalue weighted by Gasteiger charge is -2.36. The molecule has 0 saturated heterocycles. The molecule has 0 radical (unpaired) electrons. The molecule has 1 atom stereocenters. The van der Waals surface area contributed by atoms with Gasteiger partial charge in [-0.05, 0) is 42.4 Å². The average Bonchev–Trinajstić information content (AvgIpc) is 3.24.